The Labute approximate surface area is 174 Å². The molecular formula is C24H22N2O4. The quantitative estimate of drug-likeness (QED) is 0.486. The zero-order chi connectivity index (χ0) is 21.1. The molecule has 2 aromatic heterocycles. The molecule has 0 aliphatic heterocycles. The van der Waals surface area contributed by atoms with Gasteiger partial charge in [-0.25, -0.2) is 0 Å². The highest BCUT2D eigenvalue weighted by atomic mass is 16.3. The number of hydrogen-bond donors (Lipinski definition) is 1. The third-order valence-corrected chi connectivity index (χ3v) is 4.98. The maximum atomic E-state index is 12.9. The molecule has 4 aromatic rings. The van der Waals surface area contributed by atoms with Crippen molar-refractivity contribution in [3.05, 3.63) is 89.6 Å². The average molecular weight is 402 g/mol. The van der Waals surface area contributed by atoms with E-state index in [0.717, 1.165) is 28.7 Å². The Bertz CT molecular complexity index is 1170. The molecule has 152 valence electrons. The molecule has 2 heterocycles. The van der Waals surface area contributed by atoms with Crippen molar-refractivity contribution in [1.82, 2.24) is 4.90 Å². The van der Waals surface area contributed by atoms with E-state index in [1.54, 1.807) is 48.3 Å². The summed E-state index contributed by atoms with van der Waals surface area (Å²) in [5.41, 5.74) is 3.00. The minimum absolute atomic E-state index is 0.105. The molecule has 0 unspecified atom stereocenters. The molecule has 2 amide bonds. The molecule has 2 aromatic carbocycles. The van der Waals surface area contributed by atoms with E-state index in [9.17, 15) is 9.59 Å². The predicted octanol–water partition coefficient (Wildman–Crippen LogP) is 5.11. The number of anilines is 1. The first-order valence-electron chi connectivity index (χ1n) is 9.76. The summed E-state index contributed by atoms with van der Waals surface area (Å²) in [6.45, 7) is 2.49. The van der Waals surface area contributed by atoms with Crippen molar-refractivity contribution in [3.63, 3.8) is 0 Å². The van der Waals surface area contributed by atoms with Gasteiger partial charge in [0.25, 0.3) is 11.8 Å². The molecule has 0 saturated carbocycles. The van der Waals surface area contributed by atoms with Crippen LogP contribution in [0.5, 0.6) is 0 Å². The number of furan rings is 2. The van der Waals surface area contributed by atoms with E-state index < -0.39 is 0 Å². The molecule has 1 N–H and O–H groups in total. The summed E-state index contributed by atoms with van der Waals surface area (Å²) in [5.74, 6) is 0.683. The highest BCUT2D eigenvalue weighted by Gasteiger charge is 2.18. The fourth-order valence-corrected chi connectivity index (χ4v) is 3.43. The van der Waals surface area contributed by atoms with Gasteiger partial charge in [-0.3, -0.25) is 9.59 Å². The maximum absolute atomic E-state index is 12.9. The van der Waals surface area contributed by atoms with Crippen LogP contribution in [0.25, 0.3) is 11.0 Å². The van der Waals surface area contributed by atoms with Crippen LogP contribution in [0, 0.1) is 0 Å². The summed E-state index contributed by atoms with van der Waals surface area (Å²) in [7, 11) is 1.77. The zero-order valence-corrected chi connectivity index (χ0v) is 16.8. The Morgan fingerprint density at radius 3 is 2.47 bits per heavy atom. The number of aryl methyl sites for hydroxylation is 1. The lowest BCUT2D eigenvalue weighted by Crippen LogP contribution is -2.26. The van der Waals surface area contributed by atoms with Gasteiger partial charge < -0.3 is 19.1 Å². The van der Waals surface area contributed by atoms with Crippen molar-refractivity contribution >= 4 is 28.5 Å². The van der Waals surface area contributed by atoms with E-state index in [-0.39, 0.29) is 17.6 Å². The van der Waals surface area contributed by atoms with E-state index in [4.69, 9.17) is 8.83 Å². The van der Waals surface area contributed by atoms with E-state index in [1.165, 1.54) is 6.26 Å². The van der Waals surface area contributed by atoms with Crippen molar-refractivity contribution in [2.24, 2.45) is 0 Å². The molecule has 0 bridgehead atoms. The van der Waals surface area contributed by atoms with Gasteiger partial charge in [0, 0.05) is 42.2 Å². The SMILES string of the molecule is CCc1oc2ccccc2c1CN(C)C(=O)c1ccc(NC(=O)c2ccco2)cc1. The first-order valence-corrected chi connectivity index (χ1v) is 9.76. The molecule has 30 heavy (non-hydrogen) atoms. The Kier molecular flexibility index (Phi) is 5.39. The molecule has 0 spiro atoms. The number of rotatable bonds is 6. The predicted molar refractivity (Wildman–Crippen MR) is 114 cm³/mol. The molecular weight excluding hydrogens is 380 g/mol. The molecule has 0 radical (unpaired) electrons. The Hall–Kier alpha value is -3.80. The van der Waals surface area contributed by atoms with E-state index in [1.807, 2.05) is 31.2 Å². The van der Waals surface area contributed by atoms with Crippen molar-refractivity contribution in [2.75, 3.05) is 12.4 Å². The molecule has 0 aliphatic carbocycles. The molecule has 0 aliphatic rings. The molecule has 0 fully saturated rings. The number of hydrogen-bond acceptors (Lipinski definition) is 4. The molecule has 0 saturated heterocycles. The van der Waals surface area contributed by atoms with Crippen molar-refractivity contribution in [1.29, 1.82) is 0 Å². The lowest BCUT2D eigenvalue weighted by Gasteiger charge is -2.18. The van der Waals surface area contributed by atoms with E-state index in [2.05, 4.69) is 5.32 Å². The second-order valence-corrected chi connectivity index (χ2v) is 7.02. The monoisotopic (exact) mass is 402 g/mol. The first-order chi connectivity index (χ1) is 14.6. The Balaban J connectivity index is 1.47. The van der Waals surface area contributed by atoms with Crippen LogP contribution in [-0.2, 0) is 13.0 Å². The highest BCUT2D eigenvalue weighted by molar-refractivity contribution is 6.02. The normalized spacial score (nSPS) is 10.9. The van der Waals surface area contributed by atoms with Crippen LogP contribution in [-0.4, -0.2) is 23.8 Å². The number of amides is 2. The van der Waals surface area contributed by atoms with Gasteiger partial charge >= 0.3 is 0 Å². The van der Waals surface area contributed by atoms with E-state index >= 15 is 0 Å². The third kappa shape index (κ3) is 3.85. The first kappa shape index (κ1) is 19.5. The van der Waals surface area contributed by atoms with Gasteiger partial charge in [-0.15, -0.1) is 0 Å². The van der Waals surface area contributed by atoms with Gasteiger partial charge in [0.1, 0.15) is 11.3 Å². The largest absolute Gasteiger partial charge is 0.461 e. The summed E-state index contributed by atoms with van der Waals surface area (Å²) in [6.07, 6.45) is 2.20. The van der Waals surface area contributed by atoms with E-state index in [0.29, 0.717) is 17.8 Å². The number of para-hydroxylation sites is 1. The molecule has 0 atom stereocenters. The van der Waals surface area contributed by atoms with Crippen LogP contribution in [0.2, 0.25) is 0 Å². The fourth-order valence-electron chi connectivity index (χ4n) is 3.43. The van der Waals surface area contributed by atoms with Crippen LogP contribution in [0.3, 0.4) is 0 Å². The van der Waals surface area contributed by atoms with Gasteiger partial charge in [-0.1, -0.05) is 25.1 Å². The van der Waals surface area contributed by atoms with Gasteiger partial charge in [-0.2, -0.15) is 0 Å². The maximum Gasteiger partial charge on any atom is 0.291 e. The third-order valence-electron chi connectivity index (χ3n) is 4.98. The van der Waals surface area contributed by atoms with Crippen molar-refractivity contribution in [3.8, 4) is 0 Å². The second kappa shape index (κ2) is 8.29. The molecule has 4 rings (SSSR count). The Morgan fingerprint density at radius 2 is 1.77 bits per heavy atom. The van der Waals surface area contributed by atoms with Crippen LogP contribution in [0.4, 0.5) is 5.69 Å². The average Bonchev–Trinajstić information content (AvgIpc) is 3.42. The van der Waals surface area contributed by atoms with Gasteiger partial charge in [0.15, 0.2) is 5.76 Å². The topological polar surface area (TPSA) is 75.7 Å². The summed E-state index contributed by atoms with van der Waals surface area (Å²) >= 11 is 0. The summed E-state index contributed by atoms with van der Waals surface area (Å²) in [4.78, 5) is 26.7. The number of benzene rings is 2. The van der Waals surface area contributed by atoms with Gasteiger partial charge in [0.2, 0.25) is 0 Å². The van der Waals surface area contributed by atoms with Crippen molar-refractivity contribution < 1.29 is 18.4 Å². The van der Waals surface area contributed by atoms with Crippen LogP contribution < -0.4 is 5.32 Å². The van der Waals surface area contributed by atoms with Crippen LogP contribution >= 0.6 is 0 Å². The van der Waals surface area contributed by atoms with Crippen molar-refractivity contribution in [2.45, 2.75) is 19.9 Å². The second-order valence-electron chi connectivity index (χ2n) is 7.02. The van der Waals surface area contributed by atoms with Gasteiger partial charge in [-0.05, 0) is 42.5 Å². The smallest absolute Gasteiger partial charge is 0.291 e. The summed E-state index contributed by atoms with van der Waals surface area (Å²) in [5, 5.41) is 3.77. The zero-order valence-electron chi connectivity index (χ0n) is 16.8. The minimum atomic E-state index is -0.338. The summed E-state index contributed by atoms with van der Waals surface area (Å²) < 4.78 is 11.0. The number of carbonyl (C=O) groups is 2. The number of carbonyl (C=O) groups excluding carboxylic acids is 2. The van der Waals surface area contributed by atoms with Crippen LogP contribution in [0.1, 0.15) is 39.2 Å². The highest BCUT2D eigenvalue weighted by Crippen LogP contribution is 2.27. The lowest BCUT2D eigenvalue weighted by molar-refractivity contribution is 0.0785. The molecule has 6 nitrogen and oxygen atoms in total. The summed E-state index contributed by atoms with van der Waals surface area (Å²) in [6, 6.07) is 17.9. The minimum Gasteiger partial charge on any atom is -0.461 e. The Morgan fingerprint density at radius 1 is 1.00 bits per heavy atom. The standard InChI is InChI=1S/C24H22N2O4/c1-3-20-19(18-7-4-5-8-21(18)30-20)15-26(2)24(28)16-10-12-17(13-11-16)25-23(27)22-9-6-14-29-22/h4-14H,3,15H2,1-2H3,(H,25,27). The number of nitrogens with one attached hydrogen (secondary N) is 1. The van der Waals surface area contributed by atoms with Crippen LogP contribution in [0.15, 0.2) is 75.8 Å². The number of fused-ring (bicyclic) bond motifs is 1. The number of nitrogens with zero attached hydrogens (tertiary/aromatic N) is 1. The lowest BCUT2D eigenvalue weighted by atomic mass is 10.1. The fraction of sp³-hybridized carbons (Fsp3) is 0.167. The van der Waals surface area contributed by atoms with Gasteiger partial charge in [0.05, 0.1) is 6.26 Å². The molecule has 6 heteroatoms.